The molecule has 34 heavy (non-hydrogen) atoms. The van der Waals surface area contributed by atoms with Gasteiger partial charge in [-0.25, -0.2) is 24.6 Å². The predicted molar refractivity (Wildman–Crippen MR) is 125 cm³/mol. The van der Waals surface area contributed by atoms with Crippen LogP contribution in [0.5, 0.6) is 0 Å². The lowest BCUT2D eigenvalue weighted by atomic mass is 10.1. The lowest BCUT2D eigenvalue weighted by molar-refractivity contribution is 0.0256. The summed E-state index contributed by atoms with van der Waals surface area (Å²) in [6.45, 7) is 3.05. The number of nitrogen functional groups attached to an aromatic ring is 1. The van der Waals surface area contributed by atoms with Crippen molar-refractivity contribution >= 4 is 23.4 Å². The molecule has 0 spiro atoms. The Labute approximate surface area is 194 Å². The van der Waals surface area contributed by atoms with Crippen molar-refractivity contribution in [2.75, 3.05) is 28.7 Å². The fourth-order valence-corrected chi connectivity index (χ4v) is 3.88. The molecule has 0 saturated carbocycles. The Hall–Kier alpha value is -3.66. The summed E-state index contributed by atoms with van der Waals surface area (Å²) < 4.78 is 58.7. The maximum Gasteiger partial charge on any atom is 0.331 e. The third-order valence-corrected chi connectivity index (χ3v) is 5.68. The van der Waals surface area contributed by atoms with Gasteiger partial charge in [0.1, 0.15) is 5.69 Å². The van der Waals surface area contributed by atoms with Crippen LogP contribution in [0.1, 0.15) is 28.9 Å². The number of halogens is 4. The molecule has 1 aliphatic rings. The molecule has 1 aromatic heterocycles. The number of alkyl halides is 4. The number of aromatic nitrogens is 2. The van der Waals surface area contributed by atoms with Crippen LogP contribution in [-0.4, -0.2) is 29.0 Å². The number of nitrogens with two attached hydrogens (primary N) is 2. The van der Waals surface area contributed by atoms with Crippen molar-refractivity contribution < 1.29 is 17.6 Å². The van der Waals surface area contributed by atoms with Crippen LogP contribution in [0.25, 0.3) is 6.08 Å². The molecule has 10 heteroatoms. The van der Waals surface area contributed by atoms with Crippen molar-refractivity contribution in [2.45, 2.75) is 24.8 Å². The predicted octanol–water partition coefficient (Wildman–Crippen LogP) is 4.57. The van der Waals surface area contributed by atoms with Gasteiger partial charge >= 0.3 is 5.92 Å². The number of benzene rings is 2. The van der Waals surface area contributed by atoms with Gasteiger partial charge in [-0.3, -0.25) is 5.01 Å². The van der Waals surface area contributed by atoms with E-state index in [1.54, 1.807) is 24.3 Å². The Morgan fingerprint density at radius 3 is 2.41 bits per heavy atom. The maximum absolute atomic E-state index is 15.4. The topological polar surface area (TPSA) is 84.3 Å². The van der Waals surface area contributed by atoms with Gasteiger partial charge in [0, 0.05) is 18.5 Å². The van der Waals surface area contributed by atoms with E-state index >= 15 is 8.78 Å². The Bertz CT molecular complexity index is 1190. The van der Waals surface area contributed by atoms with Crippen LogP contribution < -0.4 is 21.5 Å². The first-order valence-electron chi connectivity index (χ1n) is 10.6. The van der Waals surface area contributed by atoms with E-state index in [9.17, 15) is 8.78 Å². The SMILES string of the molecule is C=Cc1ccccc1CN(N)c1nc(C(F)(F)c2ccccc2)nc(N2CCC(F)(F)C2)c1N. The van der Waals surface area contributed by atoms with Crippen molar-refractivity contribution in [2.24, 2.45) is 5.84 Å². The molecule has 0 aliphatic carbocycles. The van der Waals surface area contributed by atoms with Gasteiger partial charge in [0.2, 0.25) is 5.82 Å². The van der Waals surface area contributed by atoms with E-state index in [1.807, 2.05) is 12.1 Å². The molecular weight excluding hydrogens is 448 g/mol. The van der Waals surface area contributed by atoms with E-state index in [4.69, 9.17) is 11.6 Å². The van der Waals surface area contributed by atoms with Crippen molar-refractivity contribution in [1.29, 1.82) is 0 Å². The summed E-state index contributed by atoms with van der Waals surface area (Å²) in [5.74, 6) is -1.60. The summed E-state index contributed by atoms with van der Waals surface area (Å²) in [7, 11) is 0. The summed E-state index contributed by atoms with van der Waals surface area (Å²) >= 11 is 0. The van der Waals surface area contributed by atoms with Crippen LogP contribution in [0.4, 0.5) is 34.9 Å². The number of hydrogen-bond donors (Lipinski definition) is 2. The Balaban J connectivity index is 1.81. The number of anilines is 3. The zero-order chi connectivity index (χ0) is 24.5. The summed E-state index contributed by atoms with van der Waals surface area (Å²) in [5, 5.41) is 1.11. The van der Waals surface area contributed by atoms with E-state index < -0.39 is 30.6 Å². The first-order valence-corrected chi connectivity index (χ1v) is 10.6. The lowest BCUT2D eigenvalue weighted by Gasteiger charge is -2.27. The minimum Gasteiger partial charge on any atom is -0.393 e. The van der Waals surface area contributed by atoms with Gasteiger partial charge in [0.15, 0.2) is 11.6 Å². The molecule has 0 amide bonds. The molecule has 1 saturated heterocycles. The average molecular weight is 472 g/mol. The molecule has 6 nitrogen and oxygen atoms in total. The van der Waals surface area contributed by atoms with E-state index in [0.29, 0.717) is 0 Å². The van der Waals surface area contributed by atoms with Gasteiger partial charge < -0.3 is 10.6 Å². The molecular formula is C24H24F4N6. The quantitative estimate of drug-likeness (QED) is 0.298. The molecule has 4 N–H and O–H groups in total. The second-order valence-corrected chi connectivity index (χ2v) is 8.11. The minimum atomic E-state index is -3.61. The van der Waals surface area contributed by atoms with E-state index in [2.05, 4.69) is 16.5 Å². The maximum atomic E-state index is 15.4. The van der Waals surface area contributed by atoms with Crippen molar-refractivity contribution in [3.63, 3.8) is 0 Å². The fraction of sp³-hybridized carbons (Fsp3) is 0.250. The van der Waals surface area contributed by atoms with Crippen molar-refractivity contribution in [1.82, 2.24) is 9.97 Å². The smallest absolute Gasteiger partial charge is 0.331 e. The molecule has 1 aliphatic heterocycles. The van der Waals surface area contributed by atoms with E-state index in [-0.39, 0.29) is 36.0 Å². The van der Waals surface area contributed by atoms with Gasteiger partial charge in [0.25, 0.3) is 5.92 Å². The highest BCUT2D eigenvalue weighted by molar-refractivity contribution is 5.76. The van der Waals surface area contributed by atoms with Gasteiger partial charge in [-0.2, -0.15) is 8.78 Å². The molecule has 4 rings (SSSR count). The Kier molecular flexibility index (Phi) is 6.18. The third kappa shape index (κ3) is 4.54. The molecule has 2 aromatic carbocycles. The highest BCUT2D eigenvalue weighted by Crippen LogP contribution is 2.40. The molecule has 0 radical (unpaired) electrons. The number of hydrazine groups is 1. The first-order chi connectivity index (χ1) is 16.1. The van der Waals surface area contributed by atoms with Crippen LogP contribution in [0.15, 0.2) is 61.2 Å². The third-order valence-electron chi connectivity index (χ3n) is 5.68. The molecule has 3 aromatic rings. The lowest BCUT2D eigenvalue weighted by Crippen LogP contribution is -2.35. The molecule has 1 fully saturated rings. The van der Waals surface area contributed by atoms with E-state index in [1.165, 1.54) is 29.2 Å². The second kappa shape index (κ2) is 8.94. The summed E-state index contributed by atoms with van der Waals surface area (Å²) in [6.07, 6.45) is 1.20. The summed E-state index contributed by atoms with van der Waals surface area (Å²) in [5.41, 5.74) is 7.28. The van der Waals surface area contributed by atoms with E-state index in [0.717, 1.165) is 16.1 Å². The number of rotatable bonds is 7. The van der Waals surface area contributed by atoms with Gasteiger partial charge in [-0.1, -0.05) is 67.3 Å². The zero-order valence-corrected chi connectivity index (χ0v) is 18.3. The first kappa shape index (κ1) is 23.5. The van der Waals surface area contributed by atoms with Crippen LogP contribution in [0, 0.1) is 0 Å². The molecule has 178 valence electrons. The van der Waals surface area contributed by atoms with Crippen molar-refractivity contribution in [3.8, 4) is 0 Å². The highest BCUT2D eigenvalue weighted by Gasteiger charge is 2.43. The zero-order valence-electron chi connectivity index (χ0n) is 18.3. The van der Waals surface area contributed by atoms with Crippen LogP contribution >= 0.6 is 0 Å². The van der Waals surface area contributed by atoms with Gasteiger partial charge in [0.05, 0.1) is 13.1 Å². The highest BCUT2D eigenvalue weighted by atomic mass is 19.3. The van der Waals surface area contributed by atoms with Gasteiger partial charge in [-0.05, 0) is 11.1 Å². The van der Waals surface area contributed by atoms with Crippen LogP contribution in [0.3, 0.4) is 0 Å². The largest absolute Gasteiger partial charge is 0.393 e. The number of hydrogen-bond acceptors (Lipinski definition) is 6. The number of nitrogens with zero attached hydrogens (tertiary/aromatic N) is 4. The fourth-order valence-electron chi connectivity index (χ4n) is 3.88. The summed E-state index contributed by atoms with van der Waals surface area (Å²) in [6, 6.07) is 14.3. The van der Waals surface area contributed by atoms with Crippen LogP contribution in [-0.2, 0) is 12.5 Å². The van der Waals surface area contributed by atoms with Crippen LogP contribution in [0.2, 0.25) is 0 Å². The monoisotopic (exact) mass is 472 g/mol. The Morgan fingerprint density at radius 2 is 1.76 bits per heavy atom. The second-order valence-electron chi connectivity index (χ2n) is 8.11. The average Bonchev–Trinajstić information content (AvgIpc) is 3.19. The standard InChI is InChI=1S/C24H24F4N6/c1-2-16-8-6-7-9-17(16)14-34(30)21-19(29)20(33-13-12-23(25,26)15-33)31-22(32-21)24(27,28)18-10-4-3-5-11-18/h2-11H,1,12-15,29-30H2. The minimum absolute atomic E-state index is 0.0648. The summed E-state index contributed by atoms with van der Waals surface area (Å²) in [4.78, 5) is 9.17. The normalized spacial score (nSPS) is 15.4. The van der Waals surface area contributed by atoms with Crippen molar-refractivity contribution in [3.05, 3.63) is 83.7 Å². The van der Waals surface area contributed by atoms with Gasteiger partial charge in [-0.15, -0.1) is 0 Å². The molecule has 0 unspecified atom stereocenters. The Morgan fingerprint density at radius 1 is 1.09 bits per heavy atom. The molecule has 0 atom stereocenters. The molecule has 0 bridgehead atoms. The molecule has 2 heterocycles.